The normalized spacial score (nSPS) is 21.0. The van der Waals surface area contributed by atoms with Gasteiger partial charge >= 0.3 is 0 Å². The van der Waals surface area contributed by atoms with Crippen molar-refractivity contribution in [2.75, 3.05) is 29.9 Å². The van der Waals surface area contributed by atoms with Crippen molar-refractivity contribution < 1.29 is 0 Å². The number of hydrogen-bond acceptors (Lipinski definition) is 4. The summed E-state index contributed by atoms with van der Waals surface area (Å²) >= 11 is 0. The summed E-state index contributed by atoms with van der Waals surface area (Å²) in [7, 11) is 0. The van der Waals surface area contributed by atoms with Crippen LogP contribution in [-0.4, -0.2) is 29.6 Å². The summed E-state index contributed by atoms with van der Waals surface area (Å²) in [6, 6.07) is 0. The van der Waals surface area contributed by atoms with E-state index in [1.807, 2.05) is 6.92 Å². The van der Waals surface area contributed by atoms with E-state index in [9.17, 15) is 0 Å². The maximum Gasteiger partial charge on any atom is 0.137 e. The third-order valence-corrected chi connectivity index (χ3v) is 5.36. The highest BCUT2D eigenvalue weighted by atomic mass is 15.2. The molecule has 0 aromatic carbocycles. The van der Waals surface area contributed by atoms with Gasteiger partial charge in [0.25, 0.3) is 0 Å². The van der Waals surface area contributed by atoms with E-state index in [0.717, 1.165) is 37.1 Å². The van der Waals surface area contributed by atoms with Gasteiger partial charge in [-0.05, 0) is 51.9 Å². The highest BCUT2D eigenvalue weighted by molar-refractivity contribution is 5.58. The van der Waals surface area contributed by atoms with Crippen molar-refractivity contribution in [2.24, 2.45) is 5.41 Å². The third kappa shape index (κ3) is 2.85. The van der Waals surface area contributed by atoms with Crippen LogP contribution >= 0.6 is 0 Å². The third-order valence-electron chi connectivity index (χ3n) is 5.36. The number of rotatable bonds is 3. The van der Waals surface area contributed by atoms with Crippen molar-refractivity contribution in [1.29, 1.82) is 0 Å². The zero-order valence-corrected chi connectivity index (χ0v) is 13.7. The van der Waals surface area contributed by atoms with Gasteiger partial charge in [-0.25, -0.2) is 9.97 Å². The van der Waals surface area contributed by atoms with Crippen molar-refractivity contribution in [1.82, 2.24) is 9.97 Å². The van der Waals surface area contributed by atoms with Crippen molar-refractivity contribution in [3.8, 4) is 0 Å². The largest absolute Gasteiger partial charge is 0.370 e. The SMILES string of the molecule is CCNc1nc(C)nc(N2CCC3(CCCC3)CC2)c1C. The molecule has 4 nitrogen and oxygen atoms in total. The van der Waals surface area contributed by atoms with E-state index in [2.05, 4.69) is 29.0 Å². The van der Waals surface area contributed by atoms with Gasteiger partial charge in [-0.2, -0.15) is 0 Å². The maximum atomic E-state index is 4.73. The fourth-order valence-corrected chi connectivity index (χ4v) is 4.08. The molecular weight excluding hydrogens is 260 g/mol. The average molecular weight is 288 g/mol. The van der Waals surface area contributed by atoms with E-state index in [4.69, 9.17) is 4.98 Å². The smallest absolute Gasteiger partial charge is 0.137 e. The molecule has 0 amide bonds. The monoisotopic (exact) mass is 288 g/mol. The van der Waals surface area contributed by atoms with Crippen molar-refractivity contribution >= 4 is 11.6 Å². The second kappa shape index (κ2) is 5.82. The maximum absolute atomic E-state index is 4.73. The summed E-state index contributed by atoms with van der Waals surface area (Å²) in [5, 5.41) is 3.37. The summed E-state index contributed by atoms with van der Waals surface area (Å²) in [6.45, 7) is 9.46. The lowest BCUT2D eigenvalue weighted by atomic mass is 9.77. The number of piperidine rings is 1. The number of nitrogens with one attached hydrogen (secondary N) is 1. The Kier molecular flexibility index (Phi) is 4.05. The predicted octanol–water partition coefficient (Wildman–Crippen LogP) is 3.69. The van der Waals surface area contributed by atoms with Crippen LogP contribution in [0, 0.1) is 19.3 Å². The Hall–Kier alpha value is -1.32. The molecule has 3 rings (SSSR count). The summed E-state index contributed by atoms with van der Waals surface area (Å²) in [4.78, 5) is 11.7. The molecular formula is C17H28N4. The van der Waals surface area contributed by atoms with Crippen LogP contribution in [0.25, 0.3) is 0 Å². The molecule has 1 aliphatic carbocycles. The first-order chi connectivity index (χ1) is 10.1. The van der Waals surface area contributed by atoms with E-state index < -0.39 is 0 Å². The lowest BCUT2D eigenvalue weighted by molar-refractivity contribution is 0.226. The first-order valence-electron chi connectivity index (χ1n) is 8.48. The first-order valence-corrected chi connectivity index (χ1v) is 8.48. The zero-order valence-electron chi connectivity index (χ0n) is 13.7. The van der Waals surface area contributed by atoms with E-state index in [1.54, 1.807) is 0 Å². The summed E-state index contributed by atoms with van der Waals surface area (Å²) in [5.41, 5.74) is 1.86. The lowest BCUT2D eigenvalue weighted by Gasteiger charge is -2.40. The molecule has 4 heteroatoms. The van der Waals surface area contributed by atoms with E-state index >= 15 is 0 Å². The second-order valence-corrected chi connectivity index (χ2v) is 6.79. The molecule has 2 aliphatic rings. The van der Waals surface area contributed by atoms with Gasteiger partial charge in [-0.3, -0.25) is 0 Å². The fraction of sp³-hybridized carbons (Fsp3) is 0.765. The molecule has 2 fully saturated rings. The van der Waals surface area contributed by atoms with E-state index in [0.29, 0.717) is 5.41 Å². The molecule has 1 aromatic rings. The standard InChI is InChI=1S/C17H28N4/c1-4-18-15-13(2)16(20-14(3)19-15)21-11-9-17(10-12-21)7-5-6-8-17/h4-12H2,1-3H3,(H,18,19,20). The van der Waals surface area contributed by atoms with Crippen molar-refractivity contribution in [3.05, 3.63) is 11.4 Å². The molecule has 21 heavy (non-hydrogen) atoms. The van der Waals surface area contributed by atoms with Gasteiger partial charge in [0.15, 0.2) is 0 Å². The Bertz CT molecular complexity index is 496. The minimum Gasteiger partial charge on any atom is -0.370 e. The molecule has 1 spiro atoms. The summed E-state index contributed by atoms with van der Waals surface area (Å²) in [5.74, 6) is 3.01. The van der Waals surface area contributed by atoms with Crippen LogP contribution in [0.4, 0.5) is 11.6 Å². The van der Waals surface area contributed by atoms with Crippen LogP contribution in [0.2, 0.25) is 0 Å². The number of anilines is 2. The molecule has 2 heterocycles. The summed E-state index contributed by atoms with van der Waals surface area (Å²) in [6.07, 6.45) is 8.46. The highest BCUT2D eigenvalue weighted by Crippen LogP contribution is 2.46. The molecule has 0 atom stereocenters. The van der Waals surface area contributed by atoms with Gasteiger partial charge in [-0.1, -0.05) is 12.8 Å². The minimum atomic E-state index is 0.664. The lowest BCUT2D eigenvalue weighted by Crippen LogP contribution is -2.39. The van der Waals surface area contributed by atoms with E-state index in [1.165, 1.54) is 44.1 Å². The Morgan fingerprint density at radius 3 is 2.33 bits per heavy atom. The Morgan fingerprint density at radius 1 is 1.05 bits per heavy atom. The van der Waals surface area contributed by atoms with Gasteiger partial charge in [0.05, 0.1) is 0 Å². The molecule has 1 N–H and O–H groups in total. The molecule has 0 unspecified atom stereocenters. The molecule has 0 radical (unpaired) electrons. The highest BCUT2D eigenvalue weighted by Gasteiger charge is 2.37. The predicted molar refractivity (Wildman–Crippen MR) is 88.0 cm³/mol. The summed E-state index contributed by atoms with van der Waals surface area (Å²) < 4.78 is 0. The van der Waals surface area contributed by atoms with Crippen LogP contribution in [-0.2, 0) is 0 Å². The van der Waals surface area contributed by atoms with Gasteiger partial charge in [0, 0.05) is 25.2 Å². The number of hydrogen-bond donors (Lipinski definition) is 1. The topological polar surface area (TPSA) is 41.1 Å². The number of aryl methyl sites for hydroxylation is 1. The first kappa shape index (κ1) is 14.6. The Balaban J connectivity index is 1.78. The molecule has 0 bridgehead atoms. The van der Waals surface area contributed by atoms with Gasteiger partial charge in [0.2, 0.25) is 0 Å². The van der Waals surface area contributed by atoms with Gasteiger partial charge in [-0.15, -0.1) is 0 Å². The van der Waals surface area contributed by atoms with Crippen LogP contribution < -0.4 is 10.2 Å². The molecule has 1 saturated carbocycles. The minimum absolute atomic E-state index is 0.664. The Morgan fingerprint density at radius 2 is 1.71 bits per heavy atom. The Labute approximate surface area is 128 Å². The van der Waals surface area contributed by atoms with Crippen LogP contribution in [0.1, 0.15) is 56.8 Å². The molecule has 1 aromatic heterocycles. The quantitative estimate of drug-likeness (QED) is 0.921. The van der Waals surface area contributed by atoms with Crippen LogP contribution in [0.15, 0.2) is 0 Å². The average Bonchev–Trinajstić information content (AvgIpc) is 2.92. The van der Waals surface area contributed by atoms with Gasteiger partial charge in [0.1, 0.15) is 17.5 Å². The zero-order chi connectivity index (χ0) is 14.9. The number of nitrogens with zero attached hydrogens (tertiary/aromatic N) is 3. The van der Waals surface area contributed by atoms with E-state index in [-0.39, 0.29) is 0 Å². The fourth-order valence-electron chi connectivity index (χ4n) is 4.08. The molecule has 1 saturated heterocycles. The second-order valence-electron chi connectivity index (χ2n) is 6.79. The van der Waals surface area contributed by atoms with Crippen LogP contribution in [0.3, 0.4) is 0 Å². The number of aromatic nitrogens is 2. The van der Waals surface area contributed by atoms with Crippen molar-refractivity contribution in [2.45, 2.75) is 59.3 Å². The molecule has 1 aliphatic heterocycles. The van der Waals surface area contributed by atoms with Crippen molar-refractivity contribution in [3.63, 3.8) is 0 Å². The van der Waals surface area contributed by atoms with Gasteiger partial charge < -0.3 is 10.2 Å². The molecule has 116 valence electrons. The van der Waals surface area contributed by atoms with Crippen LogP contribution in [0.5, 0.6) is 0 Å².